The standard InChI is InChI=1S/C9H17N/c1-7(2)8(3)6-9(4)10-5/h6,10H,1-5H3/b9-6+. The van der Waals surface area contributed by atoms with Crippen LogP contribution in [0.25, 0.3) is 0 Å². The van der Waals surface area contributed by atoms with Crippen molar-refractivity contribution in [2.45, 2.75) is 27.7 Å². The van der Waals surface area contributed by atoms with E-state index in [0.29, 0.717) is 0 Å². The van der Waals surface area contributed by atoms with E-state index in [-0.39, 0.29) is 0 Å². The molecule has 0 aliphatic rings. The first-order chi connectivity index (χ1) is 4.57. The summed E-state index contributed by atoms with van der Waals surface area (Å²) in [6.45, 7) is 8.42. The Morgan fingerprint density at radius 2 is 1.60 bits per heavy atom. The number of nitrogens with one attached hydrogen (secondary N) is 1. The van der Waals surface area contributed by atoms with E-state index in [1.165, 1.54) is 16.8 Å². The average Bonchev–Trinajstić information content (AvgIpc) is 1.87. The van der Waals surface area contributed by atoms with Gasteiger partial charge >= 0.3 is 0 Å². The van der Waals surface area contributed by atoms with Gasteiger partial charge in [-0.25, -0.2) is 0 Å². The first kappa shape index (κ1) is 9.28. The van der Waals surface area contributed by atoms with Crippen molar-refractivity contribution in [3.8, 4) is 0 Å². The molecule has 0 unspecified atom stereocenters. The van der Waals surface area contributed by atoms with Crippen molar-refractivity contribution in [3.05, 3.63) is 22.9 Å². The van der Waals surface area contributed by atoms with Gasteiger partial charge in [0.1, 0.15) is 0 Å². The summed E-state index contributed by atoms with van der Waals surface area (Å²) in [5.74, 6) is 0. The van der Waals surface area contributed by atoms with Gasteiger partial charge in [0.25, 0.3) is 0 Å². The lowest BCUT2D eigenvalue weighted by atomic mass is 10.1. The average molecular weight is 139 g/mol. The van der Waals surface area contributed by atoms with E-state index in [1.54, 1.807) is 0 Å². The van der Waals surface area contributed by atoms with Crippen LogP contribution in [0.1, 0.15) is 27.7 Å². The molecule has 10 heavy (non-hydrogen) atoms. The molecule has 0 bridgehead atoms. The Morgan fingerprint density at radius 1 is 1.10 bits per heavy atom. The van der Waals surface area contributed by atoms with Gasteiger partial charge in [-0.3, -0.25) is 0 Å². The summed E-state index contributed by atoms with van der Waals surface area (Å²) in [6.07, 6.45) is 2.15. The van der Waals surface area contributed by atoms with E-state index < -0.39 is 0 Å². The minimum Gasteiger partial charge on any atom is -0.392 e. The molecule has 0 atom stereocenters. The van der Waals surface area contributed by atoms with Crippen LogP contribution in [0.3, 0.4) is 0 Å². The van der Waals surface area contributed by atoms with Crippen molar-refractivity contribution >= 4 is 0 Å². The quantitative estimate of drug-likeness (QED) is 0.579. The molecule has 0 aliphatic carbocycles. The maximum atomic E-state index is 3.08. The van der Waals surface area contributed by atoms with E-state index in [9.17, 15) is 0 Å². The summed E-state index contributed by atoms with van der Waals surface area (Å²) in [4.78, 5) is 0. The van der Waals surface area contributed by atoms with Crippen LogP contribution in [0.4, 0.5) is 0 Å². The lowest BCUT2D eigenvalue weighted by Crippen LogP contribution is -2.01. The Balaban J connectivity index is 4.27. The molecule has 1 N–H and O–H groups in total. The van der Waals surface area contributed by atoms with Gasteiger partial charge < -0.3 is 5.32 Å². The fraction of sp³-hybridized carbons (Fsp3) is 0.556. The van der Waals surface area contributed by atoms with Crippen LogP contribution in [0, 0.1) is 0 Å². The normalized spacial score (nSPS) is 11.1. The number of hydrogen-bond acceptors (Lipinski definition) is 1. The molecule has 0 radical (unpaired) electrons. The molecule has 0 aliphatic heterocycles. The third kappa shape index (κ3) is 3.33. The summed E-state index contributed by atoms with van der Waals surface area (Å²) < 4.78 is 0. The topological polar surface area (TPSA) is 12.0 Å². The highest BCUT2D eigenvalue weighted by atomic mass is 14.8. The zero-order valence-corrected chi connectivity index (χ0v) is 7.58. The van der Waals surface area contributed by atoms with Gasteiger partial charge in [0.05, 0.1) is 0 Å². The second kappa shape index (κ2) is 4.15. The minimum absolute atomic E-state index is 1.21. The van der Waals surface area contributed by atoms with Crippen molar-refractivity contribution in [3.63, 3.8) is 0 Å². The molecule has 1 heteroatoms. The predicted molar refractivity (Wildman–Crippen MR) is 46.9 cm³/mol. The van der Waals surface area contributed by atoms with E-state index in [4.69, 9.17) is 0 Å². The monoisotopic (exact) mass is 139 g/mol. The summed E-state index contributed by atoms with van der Waals surface area (Å²) in [5.41, 5.74) is 3.92. The molecule has 1 nitrogen and oxygen atoms in total. The molecule has 0 saturated heterocycles. The Kier molecular flexibility index (Phi) is 3.85. The van der Waals surface area contributed by atoms with Crippen LogP contribution >= 0.6 is 0 Å². The van der Waals surface area contributed by atoms with Crippen molar-refractivity contribution in [1.29, 1.82) is 0 Å². The molecule has 0 rings (SSSR count). The van der Waals surface area contributed by atoms with Gasteiger partial charge in [-0.15, -0.1) is 0 Å². The molecule has 0 aromatic heterocycles. The van der Waals surface area contributed by atoms with E-state index in [2.05, 4.69) is 39.1 Å². The number of hydrogen-bond donors (Lipinski definition) is 1. The van der Waals surface area contributed by atoms with E-state index in [1.807, 2.05) is 7.05 Å². The van der Waals surface area contributed by atoms with Gasteiger partial charge in [-0.1, -0.05) is 11.1 Å². The van der Waals surface area contributed by atoms with Crippen molar-refractivity contribution in [1.82, 2.24) is 5.32 Å². The maximum absolute atomic E-state index is 3.08. The second-order valence-corrected chi connectivity index (χ2v) is 2.76. The highest BCUT2D eigenvalue weighted by molar-refractivity contribution is 5.23. The molecule has 0 aromatic rings. The lowest BCUT2D eigenvalue weighted by Gasteiger charge is -2.00. The van der Waals surface area contributed by atoms with Gasteiger partial charge in [0.2, 0.25) is 0 Å². The first-order valence-electron chi connectivity index (χ1n) is 3.58. The highest BCUT2D eigenvalue weighted by Gasteiger charge is 1.87. The fourth-order valence-corrected chi connectivity index (χ4v) is 0.541. The lowest BCUT2D eigenvalue weighted by molar-refractivity contribution is 0.984. The van der Waals surface area contributed by atoms with Crippen LogP contribution in [0.5, 0.6) is 0 Å². The Labute approximate surface area is 63.8 Å². The van der Waals surface area contributed by atoms with Crippen molar-refractivity contribution in [2.24, 2.45) is 0 Å². The summed E-state index contributed by atoms with van der Waals surface area (Å²) in [5, 5.41) is 3.08. The van der Waals surface area contributed by atoms with Gasteiger partial charge in [-0.2, -0.15) is 0 Å². The first-order valence-corrected chi connectivity index (χ1v) is 3.58. The van der Waals surface area contributed by atoms with Gasteiger partial charge in [-0.05, 0) is 33.8 Å². The Bertz CT molecular complexity index is 160. The van der Waals surface area contributed by atoms with Gasteiger partial charge in [0, 0.05) is 12.7 Å². The van der Waals surface area contributed by atoms with Crippen LogP contribution in [0.15, 0.2) is 22.9 Å². The number of allylic oxidation sites excluding steroid dienone is 4. The Hall–Kier alpha value is -0.720. The van der Waals surface area contributed by atoms with Gasteiger partial charge in [0.15, 0.2) is 0 Å². The maximum Gasteiger partial charge on any atom is 0.00750 e. The minimum atomic E-state index is 1.21. The summed E-state index contributed by atoms with van der Waals surface area (Å²) >= 11 is 0. The largest absolute Gasteiger partial charge is 0.392 e. The van der Waals surface area contributed by atoms with Crippen LogP contribution in [-0.4, -0.2) is 7.05 Å². The molecule has 0 saturated carbocycles. The smallest absolute Gasteiger partial charge is 0.00750 e. The molecular formula is C9H17N. The van der Waals surface area contributed by atoms with E-state index >= 15 is 0 Å². The Morgan fingerprint density at radius 3 is 1.90 bits per heavy atom. The zero-order valence-electron chi connectivity index (χ0n) is 7.58. The molecule has 0 heterocycles. The third-order valence-electron chi connectivity index (χ3n) is 1.62. The molecule has 0 fully saturated rings. The van der Waals surface area contributed by atoms with Crippen LogP contribution < -0.4 is 5.32 Å². The molecule has 0 aromatic carbocycles. The molecular weight excluding hydrogens is 122 g/mol. The second-order valence-electron chi connectivity index (χ2n) is 2.76. The van der Waals surface area contributed by atoms with E-state index in [0.717, 1.165) is 0 Å². The summed E-state index contributed by atoms with van der Waals surface area (Å²) in [7, 11) is 1.93. The zero-order chi connectivity index (χ0) is 8.15. The molecule has 58 valence electrons. The van der Waals surface area contributed by atoms with Crippen molar-refractivity contribution in [2.75, 3.05) is 7.05 Å². The summed E-state index contributed by atoms with van der Waals surface area (Å²) in [6, 6.07) is 0. The fourth-order valence-electron chi connectivity index (χ4n) is 0.541. The number of rotatable bonds is 2. The molecule has 0 spiro atoms. The molecule has 0 amide bonds. The van der Waals surface area contributed by atoms with Crippen molar-refractivity contribution < 1.29 is 0 Å². The SMILES string of the molecule is CN/C(C)=C/C(C)=C(C)C. The predicted octanol–water partition coefficient (Wildman–Crippen LogP) is 2.47. The third-order valence-corrected chi connectivity index (χ3v) is 1.62. The highest BCUT2D eigenvalue weighted by Crippen LogP contribution is 2.04. The van der Waals surface area contributed by atoms with Crippen LogP contribution in [-0.2, 0) is 0 Å². The van der Waals surface area contributed by atoms with Crippen LogP contribution in [0.2, 0.25) is 0 Å².